The molecule has 5 heteroatoms. The van der Waals surface area contributed by atoms with Crippen molar-refractivity contribution in [3.05, 3.63) is 92.9 Å². The first-order valence-electron chi connectivity index (χ1n) is 7.76. The molecule has 2 nitrogen and oxygen atoms in total. The summed E-state index contributed by atoms with van der Waals surface area (Å²) in [4.78, 5) is 0. The first-order chi connectivity index (χ1) is 12.1. The van der Waals surface area contributed by atoms with Crippen LogP contribution in [0.2, 0.25) is 15.1 Å². The van der Waals surface area contributed by atoms with E-state index in [9.17, 15) is 0 Å². The number of anilines is 1. The number of rotatable bonds is 6. The van der Waals surface area contributed by atoms with Crippen LogP contribution in [0.5, 0.6) is 5.75 Å². The van der Waals surface area contributed by atoms with Crippen molar-refractivity contribution in [3.63, 3.8) is 0 Å². The van der Waals surface area contributed by atoms with Gasteiger partial charge in [-0.1, -0.05) is 59.1 Å². The molecule has 25 heavy (non-hydrogen) atoms. The summed E-state index contributed by atoms with van der Waals surface area (Å²) in [6.45, 7) is 1.04. The average Bonchev–Trinajstić information content (AvgIpc) is 2.62. The van der Waals surface area contributed by atoms with E-state index in [0.717, 1.165) is 16.8 Å². The van der Waals surface area contributed by atoms with Crippen molar-refractivity contribution in [2.24, 2.45) is 0 Å². The molecule has 0 aliphatic carbocycles. The van der Waals surface area contributed by atoms with Crippen LogP contribution in [0, 0.1) is 0 Å². The fourth-order valence-corrected chi connectivity index (χ4v) is 2.89. The molecule has 3 aromatic rings. The van der Waals surface area contributed by atoms with Gasteiger partial charge in [0.25, 0.3) is 0 Å². The quantitative estimate of drug-likeness (QED) is 0.496. The van der Waals surface area contributed by atoms with E-state index in [0.29, 0.717) is 34.0 Å². The zero-order valence-corrected chi connectivity index (χ0v) is 15.6. The Morgan fingerprint density at radius 2 is 1.56 bits per heavy atom. The lowest BCUT2D eigenvalue weighted by molar-refractivity contribution is 0.306. The van der Waals surface area contributed by atoms with Gasteiger partial charge >= 0.3 is 0 Å². The van der Waals surface area contributed by atoms with Gasteiger partial charge in [0.15, 0.2) is 0 Å². The molecule has 0 saturated heterocycles. The SMILES string of the molecule is Clc1ccc(NCc2ccc(OCc3ccccc3Cl)c(Cl)c2)cc1. The van der Waals surface area contributed by atoms with Gasteiger partial charge in [-0.25, -0.2) is 0 Å². The third-order valence-corrected chi connectivity index (χ3v) is 4.59. The molecule has 0 amide bonds. The summed E-state index contributed by atoms with van der Waals surface area (Å²) in [6.07, 6.45) is 0. The monoisotopic (exact) mass is 391 g/mol. The molecule has 0 unspecified atom stereocenters. The zero-order valence-electron chi connectivity index (χ0n) is 13.3. The van der Waals surface area contributed by atoms with Crippen molar-refractivity contribution in [1.82, 2.24) is 0 Å². The summed E-state index contributed by atoms with van der Waals surface area (Å²) in [7, 11) is 0. The van der Waals surface area contributed by atoms with Gasteiger partial charge in [-0.3, -0.25) is 0 Å². The normalized spacial score (nSPS) is 10.5. The summed E-state index contributed by atoms with van der Waals surface area (Å²) >= 11 is 18.4. The van der Waals surface area contributed by atoms with Crippen molar-refractivity contribution >= 4 is 40.5 Å². The lowest BCUT2D eigenvalue weighted by Gasteiger charge is -2.11. The molecule has 1 N–H and O–H groups in total. The molecule has 0 aliphatic heterocycles. The number of hydrogen-bond donors (Lipinski definition) is 1. The van der Waals surface area contributed by atoms with Gasteiger partial charge in [-0.15, -0.1) is 0 Å². The zero-order chi connectivity index (χ0) is 17.6. The van der Waals surface area contributed by atoms with E-state index in [1.54, 1.807) is 0 Å². The predicted octanol–water partition coefficient (Wildman–Crippen LogP) is 6.84. The van der Waals surface area contributed by atoms with Crippen LogP contribution in [-0.2, 0) is 13.2 Å². The largest absolute Gasteiger partial charge is 0.487 e. The van der Waals surface area contributed by atoms with Crippen molar-refractivity contribution in [2.45, 2.75) is 13.2 Å². The number of benzene rings is 3. The molecule has 0 radical (unpaired) electrons. The fraction of sp³-hybridized carbons (Fsp3) is 0.100. The lowest BCUT2D eigenvalue weighted by Crippen LogP contribution is -2.00. The molecule has 0 atom stereocenters. The summed E-state index contributed by atoms with van der Waals surface area (Å²) in [5.41, 5.74) is 2.98. The number of halogens is 3. The minimum absolute atomic E-state index is 0.377. The molecular weight excluding hydrogens is 377 g/mol. The van der Waals surface area contributed by atoms with E-state index in [-0.39, 0.29) is 0 Å². The van der Waals surface area contributed by atoms with Crippen LogP contribution in [0.3, 0.4) is 0 Å². The summed E-state index contributed by atoms with van der Waals surface area (Å²) < 4.78 is 5.78. The number of hydrogen-bond acceptors (Lipinski definition) is 2. The molecule has 0 heterocycles. The van der Waals surface area contributed by atoms with Gasteiger partial charge in [0.05, 0.1) is 5.02 Å². The van der Waals surface area contributed by atoms with Crippen LogP contribution in [0.25, 0.3) is 0 Å². The highest BCUT2D eigenvalue weighted by Crippen LogP contribution is 2.27. The Morgan fingerprint density at radius 3 is 2.28 bits per heavy atom. The van der Waals surface area contributed by atoms with Crippen LogP contribution in [0.4, 0.5) is 5.69 Å². The summed E-state index contributed by atoms with van der Waals surface area (Å²) in [5.74, 6) is 0.636. The van der Waals surface area contributed by atoms with E-state index in [1.165, 1.54) is 0 Å². The van der Waals surface area contributed by atoms with Gasteiger partial charge in [0, 0.05) is 27.8 Å². The van der Waals surface area contributed by atoms with Gasteiger partial charge in [0.1, 0.15) is 12.4 Å². The van der Waals surface area contributed by atoms with E-state index in [4.69, 9.17) is 39.5 Å². The third-order valence-electron chi connectivity index (χ3n) is 3.68. The second-order valence-corrected chi connectivity index (χ2v) is 6.76. The topological polar surface area (TPSA) is 21.3 Å². The Balaban J connectivity index is 1.60. The minimum atomic E-state index is 0.377. The van der Waals surface area contributed by atoms with E-state index in [1.807, 2.05) is 66.7 Å². The molecular formula is C20H16Cl3NO. The highest BCUT2D eigenvalue weighted by atomic mass is 35.5. The smallest absolute Gasteiger partial charge is 0.138 e. The first kappa shape index (κ1) is 17.9. The van der Waals surface area contributed by atoms with Gasteiger partial charge in [-0.05, 0) is 48.0 Å². The maximum absolute atomic E-state index is 6.33. The average molecular weight is 393 g/mol. The van der Waals surface area contributed by atoms with Gasteiger partial charge in [-0.2, -0.15) is 0 Å². The second-order valence-electron chi connectivity index (χ2n) is 5.51. The maximum atomic E-state index is 6.33. The van der Waals surface area contributed by atoms with Crippen molar-refractivity contribution in [3.8, 4) is 5.75 Å². The standard InChI is InChI=1S/C20H16Cl3NO/c21-16-6-8-17(9-7-16)24-12-14-5-10-20(19(23)11-14)25-13-15-3-1-2-4-18(15)22/h1-11,24H,12-13H2. The van der Waals surface area contributed by atoms with Gasteiger partial charge < -0.3 is 10.1 Å². The molecule has 3 rings (SSSR count). The number of ether oxygens (including phenoxy) is 1. The molecule has 0 bridgehead atoms. The Kier molecular flexibility index (Phi) is 6.09. The Labute approximate surface area is 162 Å². The molecule has 3 aromatic carbocycles. The molecule has 0 spiro atoms. The first-order valence-corrected chi connectivity index (χ1v) is 8.89. The Morgan fingerprint density at radius 1 is 0.800 bits per heavy atom. The van der Waals surface area contributed by atoms with Crippen LogP contribution < -0.4 is 10.1 Å². The Bertz CT molecular complexity index is 850. The van der Waals surface area contributed by atoms with Crippen molar-refractivity contribution < 1.29 is 4.74 Å². The molecule has 128 valence electrons. The van der Waals surface area contributed by atoms with Crippen LogP contribution in [0.15, 0.2) is 66.7 Å². The Hall–Kier alpha value is -1.87. The summed E-state index contributed by atoms with van der Waals surface area (Å²) in [5, 5.41) is 5.30. The van der Waals surface area contributed by atoms with Gasteiger partial charge in [0.2, 0.25) is 0 Å². The van der Waals surface area contributed by atoms with E-state index < -0.39 is 0 Å². The predicted molar refractivity (Wildman–Crippen MR) is 106 cm³/mol. The molecule has 0 aliphatic rings. The molecule has 0 fully saturated rings. The second kappa shape index (κ2) is 8.48. The highest BCUT2D eigenvalue weighted by molar-refractivity contribution is 6.32. The van der Waals surface area contributed by atoms with E-state index >= 15 is 0 Å². The highest BCUT2D eigenvalue weighted by Gasteiger charge is 2.06. The fourth-order valence-electron chi connectivity index (χ4n) is 2.31. The third kappa shape index (κ3) is 5.05. The van der Waals surface area contributed by atoms with Crippen LogP contribution >= 0.6 is 34.8 Å². The lowest BCUT2D eigenvalue weighted by atomic mass is 10.2. The van der Waals surface area contributed by atoms with E-state index in [2.05, 4.69) is 5.32 Å². The summed E-state index contributed by atoms with van der Waals surface area (Å²) in [6, 6.07) is 20.9. The number of nitrogens with one attached hydrogen (secondary N) is 1. The van der Waals surface area contributed by atoms with Crippen LogP contribution in [-0.4, -0.2) is 0 Å². The maximum Gasteiger partial charge on any atom is 0.138 e. The van der Waals surface area contributed by atoms with Crippen molar-refractivity contribution in [2.75, 3.05) is 5.32 Å². The van der Waals surface area contributed by atoms with Crippen molar-refractivity contribution in [1.29, 1.82) is 0 Å². The molecule has 0 aromatic heterocycles. The minimum Gasteiger partial charge on any atom is -0.487 e. The van der Waals surface area contributed by atoms with Crippen LogP contribution in [0.1, 0.15) is 11.1 Å². The molecule has 0 saturated carbocycles.